The highest BCUT2D eigenvalue weighted by atomic mass is 16.4. The zero-order valence-electron chi connectivity index (χ0n) is 18.5. The molecule has 0 aromatic heterocycles. The van der Waals surface area contributed by atoms with Crippen LogP contribution in [-0.4, -0.2) is 38.9 Å². The average molecular weight is 423 g/mol. The minimum atomic E-state index is -1.45. The highest BCUT2D eigenvalue weighted by Crippen LogP contribution is 2.52. The molecule has 2 heterocycles. The zero-order chi connectivity index (χ0) is 22.6. The molecule has 164 valence electrons. The Labute approximate surface area is 182 Å². The third kappa shape index (κ3) is 3.24. The van der Waals surface area contributed by atoms with Crippen molar-refractivity contribution in [1.29, 1.82) is 0 Å². The molecule has 2 N–H and O–H groups in total. The molecule has 0 bridgehead atoms. The lowest BCUT2D eigenvalue weighted by molar-refractivity contribution is -0.154. The lowest BCUT2D eigenvalue weighted by atomic mass is 9.76. The third-order valence-electron chi connectivity index (χ3n) is 6.76. The molecule has 0 spiro atoms. The Morgan fingerprint density at radius 3 is 2.39 bits per heavy atom. The van der Waals surface area contributed by atoms with Gasteiger partial charge in [-0.25, -0.2) is 0 Å². The molecular weight excluding hydrogens is 392 g/mol. The fraction of sp³-hybridized carbons (Fsp3) is 0.480. The molecule has 6 heteroatoms. The van der Waals surface area contributed by atoms with Crippen molar-refractivity contribution in [3.63, 3.8) is 0 Å². The number of nitrogens with zero attached hydrogens (tertiary/aromatic N) is 1. The predicted molar refractivity (Wildman–Crippen MR) is 118 cm³/mol. The second-order valence-corrected chi connectivity index (χ2v) is 9.79. The summed E-state index contributed by atoms with van der Waals surface area (Å²) in [4.78, 5) is 41.0. The molecule has 4 atom stereocenters. The van der Waals surface area contributed by atoms with Crippen LogP contribution in [0.3, 0.4) is 0 Å². The van der Waals surface area contributed by atoms with Crippen molar-refractivity contribution in [2.75, 3.05) is 0 Å². The van der Waals surface area contributed by atoms with Crippen LogP contribution >= 0.6 is 0 Å². The van der Waals surface area contributed by atoms with Gasteiger partial charge in [-0.05, 0) is 49.6 Å². The van der Waals surface area contributed by atoms with Crippen LogP contribution in [0.5, 0.6) is 0 Å². The molecule has 31 heavy (non-hydrogen) atoms. The van der Waals surface area contributed by atoms with E-state index in [2.05, 4.69) is 5.32 Å². The lowest BCUT2D eigenvalue weighted by Gasteiger charge is -2.35. The number of hydrogen-bond acceptors (Lipinski definition) is 4. The highest BCUT2D eigenvalue weighted by Gasteiger charge is 2.69. The van der Waals surface area contributed by atoms with Gasteiger partial charge in [0.2, 0.25) is 11.8 Å². The standard InChI is InChI=1S/C25H30N2O4/c1-5-6-13-25(23(30)31)19-18(21(28)27(22(19)29)24(2,3)4)20(26-25)17-12-11-15-9-7-8-10-16(15)14-17/h7-12,14,18-20,26H,5-6,13H2,1-4H3,(H,30,31). The Morgan fingerprint density at radius 2 is 1.77 bits per heavy atom. The molecule has 2 aliphatic rings. The van der Waals surface area contributed by atoms with Gasteiger partial charge >= 0.3 is 5.97 Å². The molecule has 0 radical (unpaired) electrons. The molecule has 0 saturated carbocycles. The number of unbranched alkanes of at least 4 members (excludes halogenated alkanes) is 1. The summed E-state index contributed by atoms with van der Waals surface area (Å²) in [6, 6.07) is 13.3. The zero-order valence-corrected chi connectivity index (χ0v) is 18.5. The largest absolute Gasteiger partial charge is 0.480 e. The number of hydrogen-bond donors (Lipinski definition) is 2. The van der Waals surface area contributed by atoms with E-state index in [1.807, 2.05) is 70.2 Å². The Morgan fingerprint density at radius 1 is 1.10 bits per heavy atom. The Kier molecular flexibility index (Phi) is 5.16. The molecule has 0 aliphatic carbocycles. The van der Waals surface area contributed by atoms with Crippen molar-refractivity contribution < 1.29 is 19.5 Å². The summed E-state index contributed by atoms with van der Waals surface area (Å²) in [5.74, 6) is -3.37. The maximum absolute atomic E-state index is 13.5. The first-order valence-corrected chi connectivity index (χ1v) is 11.0. The molecule has 2 aliphatic heterocycles. The fourth-order valence-corrected chi connectivity index (χ4v) is 5.34. The van der Waals surface area contributed by atoms with E-state index in [4.69, 9.17) is 0 Å². The van der Waals surface area contributed by atoms with E-state index in [9.17, 15) is 19.5 Å². The predicted octanol–water partition coefficient (Wildman–Crippen LogP) is 3.90. The van der Waals surface area contributed by atoms with Gasteiger partial charge in [0, 0.05) is 11.6 Å². The number of carbonyl (C=O) groups excluding carboxylic acids is 2. The van der Waals surface area contributed by atoms with Crippen LogP contribution in [0.25, 0.3) is 10.8 Å². The van der Waals surface area contributed by atoms with E-state index in [0.29, 0.717) is 12.8 Å². The normalized spacial score (nSPS) is 28.4. The van der Waals surface area contributed by atoms with Gasteiger partial charge < -0.3 is 5.11 Å². The van der Waals surface area contributed by atoms with Crippen molar-refractivity contribution in [3.05, 3.63) is 48.0 Å². The quantitative estimate of drug-likeness (QED) is 0.714. The molecular formula is C25H30N2O4. The van der Waals surface area contributed by atoms with Crippen molar-refractivity contribution in [3.8, 4) is 0 Å². The van der Waals surface area contributed by atoms with Crippen molar-refractivity contribution in [2.24, 2.45) is 11.8 Å². The summed E-state index contributed by atoms with van der Waals surface area (Å²) in [7, 11) is 0. The van der Waals surface area contributed by atoms with Gasteiger partial charge in [-0.15, -0.1) is 0 Å². The topological polar surface area (TPSA) is 86.7 Å². The van der Waals surface area contributed by atoms with Gasteiger partial charge in [0.05, 0.1) is 11.8 Å². The molecule has 2 fully saturated rings. The summed E-state index contributed by atoms with van der Waals surface area (Å²) in [5.41, 5.74) is -1.32. The van der Waals surface area contributed by atoms with E-state index in [0.717, 1.165) is 22.8 Å². The number of rotatable bonds is 5. The monoisotopic (exact) mass is 422 g/mol. The molecule has 2 aromatic rings. The number of fused-ring (bicyclic) bond motifs is 2. The SMILES string of the molecule is CCCCC1(C(=O)O)NC(c2ccc3ccccc3c2)C2C(=O)N(C(C)(C)C)C(=O)C21. The lowest BCUT2D eigenvalue weighted by Crippen LogP contribution is -2.57. The first-order chi connectivity index (χ1) is 14.6. The third-order valence-corrected chi connectivity index (χ3v) is 6.76. The first-order valence-electron chi connectivity index (χ1n) is 11.0. The number of likely N-dealkylation sites (tertiary alicyclic amines) is 1. The maximum atomic E-state index is 13.5. The summed E-state index contributed by atoms with van der Waals surface area (Å²) in [6.07, 6.45) is 1.77. The summed E-state index contributed by atoms with van der Waals surface area (Å²) >= 11 is 0. The maximum Gasteiger partial charge on any atom is 0.324 e. The van der Waals surface area contributed by atoms with Gasteiger partial charge in [-0.2, -0.15) is 0 Å². The Bertz CT molecular complexity index is 1060. The van der Waals surface area contributed by atoms with Gasteiger partial charge in [-0.3, -0.25) is 24.6 Å². The second-order valence-electron chi connectivity index (χ2n) is 9.79. The van der Waals surface area contributed by atoms with Gasteiger partial charge in [0.1, 0.15) is 5.54 Å². The first kappa shape index (κ1) is 21.5. The van der Waals surface area contributed by atoms with Gasteiger partial charge in [0.15, 0.2) is 0 Å². The molecule has 2 saturated heterocycles. The van der Waals surface area contributed by atoms with Crippen molar-refractivity contribution in [2.45, 2.75) is 64.1 Å². The number of imide groups is 1. The van der Waals surface area contributed by atoms with Crippen molar-refractivity contribution in [1.82, 2.24) is 10.2 Å². The molecule has 6 nitrogen and oxygen atoms in total. The summed E-state index contributed by atoms with van der Waals surface area (Å²) in [5, 5.41) is 15.7. The fourth-order valence-electron chi connectivity index (χ4n) is 5.34. The van der Waals surface area contributed by atoms with E-state index < -0.39 is 34.9 Å². The van der Waals surface area contributed by atoms with E-state index >= 15 is 0 Å². The minimum Gasteiger partial charge on any atom is -0.480 e. The van der Waals surface area contributed by atoms with Crippen LogP contribution in [0.4, 0.5) is 0 Å². The van der Waals surface area contributed by atoms with E-state index in [1.54, 1.807) is 0 Å². The average Bonchev–Trinajstić information content (AvgIpc) is 3.20. The molecule has 2 amide bonds. The summed E-state index contributed by atoms with van der Waals surface area (Å²) < 4.78 is 0. The van der Waals surface area contributed by atoms with Crippen LogP contribution in [0.15, 0.2) is 42.5 Å². The number of carbonyl (C=O) groups is 3. The van der Waals surface area contributed by atoms with Crippen LogP contribution in [-0.2, 0) is 14.4 Å². The Hall–Kier alpha value is -2.73. The van der Waals surface area contributed by atoms with Crippen LogP contribution < -0.4 is 5.32 Å². The highest BCUT2D eigenvalue weighted by molar-refractivity contribution is 6.10. The van der Waals surface area contributed by atoms with Gasteiger partial charge in [0.25, 0.3) is 0 Å². The van der Waals surface area contributed by atoms with Crippen LogP contribution in [0.1, 0.15) is 58.6 Å². The van der Waals surface area contributed by atoms with Crippen LogP contribution in [0, 0.1) is 11.8 Å². The van der Waals surface area contributed by atoms with E-state index in [1.165, 1.54) is 4.90 Å². The number of carboxylic acids is 1. The smallest absolute Gasteiger partial charge is 0.324 e. The molecule has 4 rings (SSSR count). The number of nitrogens with one attached hydrogen (secondary N) is 1. The number of amides is 2. The Balaban J connectivity index is 1.87. The van der Waals surface area contributed by atoms with E-state index in [-0.39, 0.29) is 11.8 Å². The number of aliphatic carboxylic acids is 1. The van der Waals surface area contributed by atoms with Crippen molar-refractivity contribution >= 4 is 28.6 Å². The van der Waals surface area contributed by atoms with Crippen LogP contribution in [0.2, 0.25) is 0 Å². The number of carboxylic acid groups (broad SMARTS) is 1. The minimum absolute atomic E-state index is 0.284. The number of benzene rings is 2. The molecule has 2 aromatic carbocycles. The molecule has 4 unspecified atom stereocenters. The second kappa shape index (κ2) is 7.45. The summed E-state index contributed by atoms with van der Waals surface area (Å²) in [6.45, 7) is 7.44. The van der Waals surface area contributed by atoms with Gasteiger partial charge in [-0.1, -0.05) is 56.2 Å².